The van der Waals surface area contributed by atoms with Gasteiger partial charge < -0.3 is 0 Å². The number of benzene rings is 1. The van der Waals surface area contributed by atoms with Crippen LogP contribution in [0.15, 0.2) is 24.5 Å². The number of nitrogens with zero attached hydrogens (tertiary/aromatic N) is 2. The van der Waals surface area contributed by atoms with Gasteiger partial charge in [-0.15, -0.1) is 0 Å². The lowest BCUT2D eigenvalue weighted by atomic mass is 10.2. The quantitative estimate of drug-likeness (QED) is 0.905. The van der Waals surface area contributed by atoms with Crippen LogP contribution in [0.5, 0.6) is 0 Å². The Balaban J connectivity index is 2.23. The van der Waals surface area contributed by atoms with Crippen molar-refractivity contribution in [3.05, 3.63) is 40.1 Å². The Labute approximate surface area is 113 Å². The van der Waals surface area contributed by atoms with E-state index in [0.717, 1.165) is 0 Å². The first-order valence-corrected chi connectivity index (χ1v) is 7.17. The van der Waals surface area contributed by atoms with Gasteiger partial charge in [-0.2, -0.15) is 10.1 Å². The molecule has 2 rings (SSSR count). The van der Waals surface area contributed by atoms with Crippen LogP contribution in [-0.2, 0) is 15.8 Å². The van der Waals surface area contributed by atoms with Gasteiger partial charge in [0.2, 0.25) is 16.0 Å². The molecular formula is C9H8Cl2N4O2S. The van der Waals surface area contributed by atoms with Crippen LogP contribution in [0.25, 0.3) is 0 Å². The molecule has 18 heavy (non-hydrogen) atoms. The van der Waals surface area contributed by atoms with Crippen LogP contribution in [-0.4, -0.2) is 23.6 Å². The van der Waals surface area contributed by atoms with Crippen LogP contribution in [0.2, 0.25) is 10.0 Å². The molecule has 0 saturated heterocycles. The fourth-order valence-electron chi connectivity index (χ4n) is 1.30. The standard InChI is InChI=1S/C9H8Cl2N4O2S/c10-7-2-1-3-8(11)6(7)4-18(16,17)15-9-12-5-13-14-9/h1-3,5H,4H2,(H2,12,13,14,15). The highest BCUT2D eigenvalue weighted by atomic mass is 35.5. The summed E-state index contributed by atoms with van der Waals surface area (Å²) in [6.07, 6.45) is 1.19. The van der Waals surface area contributed by atoms with E-state index in [2.05, 4.69) is 19.9 Å². The first-order chi connectivity index (χ1) is 8.48. The number of sulfonamides is 1. The minimum atomic E-state index is -3.66. The third-order valence-electron chi connectivity index (χ3n) is 2.06. The van der Waals surface area contributed by atoms with E-state index in [9.17, 15) is 8.42 Å². The average molecular weight is 307 g/mol. The van der Waals surface area contributed by atoms with Gasteiger partial charge >= 0.3 is 0 Å². The SMILES string of the molecule is O=S(=O)(Cc1c(Cl)cccc1Cl)Nc1ncn[nH]1. The number of anilines is 1. The fraction of sp³-hybridized carbons (Fsp3) is 0.111. The second-order valence-corrected chi connectivity index (χ2v) is 5.93. The van der Waals surface area contributed by atoms with Crippen molar-refractivity contribution in [3.63, 3.8) is 0 Å². The number of H-pyrrole nitrogens is 1. The molecule has 0 aliphatic rings. The van der Waals surface area contributed by atoms with E-state index in [-0.39, 0.29) is 11.7 Å². The number of aromatic amines is 1. The highest BCUT2D eigenvalue weighted by molar-refractivity contribution is 7.91. The molecule has 0 amide bonds. The summed E-state index contributed by atoms with van der Waals surface area (Å²) in [6.45, 7) is 0. The van der Waals surface area contributed by atoms with Crippen molar-refractivity contribution in [1.82, 2.24) is 15.2 Å². The van der Waals surface area contributed by atoms with Gasteiger partial charge in [-0.3, -0.25) is 4.72 Å². The largest absolute Gasteiger partial charge is 0.251 e. The molecule has 9 heteroatoms. The molecule has 1 aromatic heterocycles. The van der Waals surface area contributed by atoms with Gasteiger partial charge in [0.05, 0.1) is 5.75 Å². The van der Waals surface area contributed by atoms with Gasteiger partial charge in [0, 0.05) is 15.6 Å². The van der Waals surface area contributed by atoms with E-state index >= 15 is 0 Å². The van der Waals surface area contributed by atoms with Crippen LogP contribution < -0.4 is 4.72 Å². The van der Waals surface area contributed by atoms with Crippen LogP contribution >= 0.6 is 23.2 Å². The molecule has 2 aromatic rings. The van der Waals surface area contributed by atoms with Crippen molar-refractivity contribution < 1.29 is 8.42 Å². The molecule has 1 heterocycles. The molecular weight excluding hydrogens is 299 g/mol. The number of rotatable bonds is 4. The number of nitrogens with one attached hydrogen (secondary N) is 2. The maximum Gasteiger partial charge on any atom is 0.239 e. The highest BCUT2D eigenvalue weighted by Gasteiger charge is 2.17. The summed E-state index contributed by atoms with van der Waals surface area (Å²) in [7, 11) is -3.66. The minimum absolute atomic E-state index is 0.0400. The van der Waals surface area contributed by atoms with Gasteiger partial charge in [-0.05, 0) is 12.1 Å². The van der Waals surface area contributed by atoms with Crippen molar-refractivity contribution >= 4 is 39.2 Å². The van der Waals surface area contributed by atoms with Crippen LogP contribution in [0, 0.1) is 0 Å². The molecule has 0 aliphatic heterocycles. The lowest BCUT2D eigenvalue weighted by Crippen LogP contribution is -2.16. The zero-order chi connectivity index (χ0) is 13.2. The maximum atomic E-state index is 11.9. The van der Waals surface area contributed by atoms with Gasteiger partial charge in [0.25, 0.3) is 0 Å². The second kappa shape index (κ2) is 5.13. The molecule has 0 aliphatic carbocycles. The summed E-state index contributed by atoms with van der Waals surface area (Å²) in [5.41, 5.74) is 0.341. The first-order valence-electron chi connectivity index (χ1n) is 4.77. The molecule has 0 saturated carbocycles. The summed E-state index contributed by atoms with van der Waals surface area (Å²) >= 11 is 11.8. The maximum absolute atomic E-state index is 11.9. The van der Waals surface area contributed by atoms with Crippen molar-refractivity contribution in [3.8, 4) is 0 Å². The Hall–Kier alpha value is -1.31. The van der Waals surface area contributed by atoms with E-state index in [0.29, 0.717) is 15.6 Å². The van der Waals surface area contributed by atoms with Crippen LogP contribution in [0.4, 0.5) is 5.95 Å². The number of aromatic nitrogens is 3. The Morgan fingerprint density at radius 3 is 2.50 bits per heavy atom. The zero-order valence-corrected chi connectivity index (χ0v) is 11.2. The smallest absolute Gasteiger partial charge is 0.239 e. The van der Waals surface area contributed by atoms with E-state index in [1.54, 1.807) is 18.2 Å². The van der Waals surface area contributed by atoms with Gasteiger partial charge in [-0.25, -0.2) is 13.5 Å². The second-order valence-electron chi connectivity index (χ2n) is 3.40. The molecule has 0 atom stereocenters. The van der Waals surface area contributed by atoms with Crippen molar-refractivity contribution in [1.29, 1.82) is 0 Å². The van der Waals surface area contributed by atoms with Crippen LogP contribution in [0.3, 0.4) is 0 Å². The lowest BCUT2D eigenvalue weighted by molar-refractivity contribution is 0.600. The predicted molar refractivity (Wildman–Crippen MR) is 69.1 cm³/mol. The normalized spacial score (nSPS) is 11.4. The van der Waals surface area contributed by atoms with Crippen LogP contribution in [0.1, 0.15) is 5.56 Å². The molecule has 0 unspecified atom stereocenters. The Morgan fingerprint density at radius 1 is 1.28 bits per heavy atom. The van der Waals surface area contributed by atoms with E-state index in [1.165, 1.54) is 6.33 Å². The molecule has 0 spiro atoms. The van der Waals surface area contributed by atoms with Crippen molar-refractivity contribution in [2.24, 2.45) is 0 Å². The molecule has 1 aromatic carbocycles. The predicted octanol–water partition coefficient (Wildman–Crippen LogP) is 2.05. The van der Waals surface area contributed by atoms with E-state index < -0.39 is 10.0 Å². The van der Waals surface area contributed by atoms with Crippen molar-refractivity contribution in [2.45, 2.75) is 5.75 Å². The number of halogens is 2. The molecule has 0 radical (unpaired) electrons. The Morgan fingerprint density at radius 2 is 1.94 bits per heavy atom. The summed E-state index contributed by atoms with van der Waals surface area (Å²) in [5.74, 6) is -0.301. The zero-order valence-electron chi connectivity index (χ0n) is 8.89. The van der Waals surface area contributed by atoms with E-state index in [4.69, 9.17) is 23.2 Å². The van der Waals surface area contributed by atoms with Gasteiger partial charge in [0.15, 0.2) is 0 Å². The van der Waals surface area contributed by atoms with Gasteiger partial charge in [0.1, 0.15) is 6.33 Å². The minimum Gasteiger partial charge on any atom is -0.251 e. The summed E-state index contributed by atoms with van der Waals surface area (Å²) < 4.78 is 25.9. The monoisotopic (exact) mass is 306 g/mol. The highest BCUT2D eigenvalue weighted by Crippen LogP contribution is 2.26. The molecule has 96 valence electrons. The molecule has 0 fully saturated rings. The number of hydrogen-bond donors (Lipinski definition) is 2. The molecule has 6 nitrogen and oxygen atoms in total. The Kier molecular flexibility index (Phi) is 3.74. The van der Waals surface area contributed by atoms with Gasteiger partial charge in [-0.1, -0.05) is 29.3 Å². The Bertz CT molecular complexity index is 622. The fourth-order valence-corrected chi connectivity index (χ4v) is 3.14. The topological polar surface area (TPSA) is 87.7 Å². The first kappa shape index (κ1) is 13.1. The lowest BCUT2D eigenvalue weighted by Gasteiger charge is -2.08. The van der Waals surface area contributed by atoms with Crippen molar-refractivity contribution in [2.75, 3.05) is 4.72 Å². The summed E-state index contributed by atoms with van der Waals surface area (Å²) in [5, 5.41) is 6.52. The summed E-state index contributed by atoms with van der Waals surface area (Å²) in [4.78, 5) is 3.66. The average Bonchev–Trinajstić information content (AvgIpc) is 2.75. The molecule has 2 N–H and O–H groups in total. The third-order valence-corrected chi connectivity index (χ3v) is 3.94. The summed E-state index contributed by atoms with van der Waals surface area (Å²) in [6, 6.07) is 4.80. The molecule has 0 bridgehead atoms. The van der Waals surface area contributed by atoms with E-state index in [1.807, 2.05) is 0 Å². The third kappa shape index (κ3) is 3.12. The number of hydrogen-bond acceptors (Lipinski definition) is 4.